The molecule has 4 aliphatic heterocycles. The first kappa shape index (κ1) is 37.2. The van der Waals surface area contributed by atoms with Gasteiger partial charge in [0.2, 0.25) is 0 Å². The Labute approximate surface area is 296 Å². The van der Waals surface area contributed by atoms with E-state index in [1.807, 2.05) is 6.92 Å². The predicted molar refractivity (Wildman–Crippen MR) is 167 cm³/mol. The Morgan fingerprint density at radius 2 is 0.923 bits per heavy atom. The molecule has 2 saturated heterocycles. The molecule has 276 valence electrons. The monoisotopic (exact) mass is 722 g/mol. The molecular weight excluding hydrogens is 688 g/mol. The van der Waals surface area contributed by atoms with Crippen molar-refractivity contribution < 1.29 is 76.9 Å². The summed E-state index contributed by atoms with van der Waals surface area (Å²) < 4.78 is 42.3. The summed E-state index contributed by atoms with van der Waals surface area (Å²) in [4.78, 5) is 74.6. The highest BCUT2D eigenvalue weighted by molar-refractivity contribution is 6.16. The van der Waals surface area contributed by atoms with Gasteiger partial charge in [-0.1, -0.05) is 49.8 Å². The number of carbonyl (C=O) groups excluding carboxylic acids is 6. The maximum absolute atomic E-state index is 12.8. The summed E-state index contributed by atoms with van der Waals surface area (Å²) in [6, 6.07) is 0. The fourth-order valence-corrected chi connectivity index (χ4v) is 5.63. The third-order valence-corrected chi connectivity index (χ3v) is 8.14. The zero-order chi connectivity index (χ0) is 37.9. The summed E-state index contributed by atoms with van der Waals surface area (Å²) in [5.41, 5.74) is -1.53. The summed E-state index contributed by atoms with van der Waals surface area (Å²) in [6.07, 6.45) is 12.8. The van der Waals surface area contributed by atoms with Gasteiger partial charge >= 0.3 is 35.8 Å². The van der Waals surface area contributed by atoms with Crippen LogP contribution in [-0.2, 0) is 66.7 Å². The van der Waals surface area contributed by atoms with Gasteiger partial charge in [0.25, 0.3) is 11.6 Å². The third-order valence-electron chi connectivity index (χ3n) is 8.14. The van der Waals surface area contributed by atoms with Crippen LogP contribution in [0, 0.1) is 0 Å². The van der Waals surface area contributed by atoms with Gasteiger partial charge in [0.05, 0.1) is 23.0 Å². The molecule has 0 aromatic carbocycles. The van der Waals surface area contributed by atoms with Gasteiger partial charge in [-0.05, 0) is 37.6 Å². The molecule has 0 aromatic heterocycles. The van der Waals surface area contributed by atoms with Crippen molar-refractivity contribution in [1.82, 2.24) is 0 Å². The van der Waals surface area contributed by atoms with Crippen LogP contribution >= 0.6 is 0 Å². The Bertz CT molecular complexity index is 1780. The highest BCUT2D eigenvalue weighted by Crippen LogP contribution is 2.45. The normalized spacial score (nSPS) is 27.5. The van der Waals surface area contributed by atoms with Gasteiger partial charge < -0.3 is 48.1 Å². The first-order chi connectivity index (χ1) is 24.5. The number of hydrogen-bond acceptors (Lipinski definition) is 16. The average molecular weight is 723 g/mol. The van der Waals surface area contributed by atoms with Gasteiger partial charge in [0, 0.05) is 39.5 Å². The van der Waals surface area contributed by atoms with Gasteiger partial charge in [0.1, 0.15) is 11.1 Å². The maximum atomic E-state index is 12.8. The standard InChI is InChI=1S/C36H36O16/c1-5-16-34(4)47-27(39)22(28(40)48-34)13-9-7-11-15-24-31(43)51-36(52-32(24)44)19-17-35(18-20-36)49-29(41)23(30(42)50-35)14-10-6-8-12-21-25(37)45-33(2,3)46-26(21)38/h6-15,39,41H,5,16-20H2,1-4H3/p-2/b8-6+,11-7+,13-9+,14-10+,24-15?. The van der Waals surface area contributed by atoms with Crippen LogP contribution in [0.25, 0.3) is 0 Å². The van der Waals surface area contributed by atoms with Crippen molar-refractivity contribution in [2.75, 3.05) is 0 Å². The van der Waals surface area contributed by atoms with Crippen LogP contribution in [0.4, 0.5) is 0 Å². The van der Waals surface area contributed by atoms with E-state index in [-0.39, 0.29) is 36.8 Å². The average Bonchev–Trinajstić information content (AvgIpc) is 3.02. The van der Waals surface area contributed by atoms with E-state index >= 15 is 0 Å². The van der Waals surface area contributed by atoms with E-state index in [0.29, 0.717) is 12.8 Å². The quantitative estimate of drug-likeness (QED) is 0.114. The number of carbonyl (C=O) groups is 6. The number of cyclic esters (lactones) is 3. The zero-order valence-corrected chi connectivity index (χ0v) is 28.5. The lowest BCUT2D eigenvalue weighted by Gasteiger charge is -2.50. The predicted octanol–water partition coefficient (Wildman–Crippen LogP) is 1.77. The molecule has 2 spiro atoms. The lowest BCUT2D eigenvalue weighted by Crippen LogP contribution is -2.55. The number of rotatable bonds is 8. The molecule has 3 fully saturated rings. The highest BCUT2D eigenvalue weighted by Gasteiger charge is 2.53. The number of allylic oxidation sites excluding steroid dienone is 8. The maximum Gasteiger partial charge on any atom is 0.348 e. The highest BCUT2D eigenvalue weighted by atomic mass is 16.8. The van der Waals surface area contributed by atoms with Gasteiger partial charge in [0.15, 0.2) is 11.6 Å². The van der Waals surface area contributed by atoms with Gasteiger partial charge in [-0.3, -0.25) is 0 Å². The first-order valence-electron chi connectivity index (χ1n) is 16.2. The zero-order valence-electron chi connectivity index (χ0n) is 28.5. The minimum atomic E-state index is -1.68. The van der Waals surface area contributed by atoms with E-state index in [2.05, 4.69) is 0 Å². The van der Waals surface area contributed by atoms with Gasteiger partial charge in [-0.25, -0.2) is 28.8 Å². The van der Waals surface area contributed by atoms with E-state index in [1.165, 1.54) is 63.3 Å². The van der Waals surface area contributed by atoms with Crippen LogP contribution in [-0.4, -0.2) is 59.0 Å². The fraction of sp³-hybridized carbons (Fsp3) is 0.389. The number of hydrogen-bond donors (Lipinski definition) is 0. The van der Waals surface area contributed by atoms with Crippen molar-refractivity contribution in [1.29, 1.82) is 0 Å². The lowest BCUT2D eigenvalue weighted by molar-refractivity contribution is -0.406. The second kappa shape index (κ2) is 14.3. The molecule has 5 rings (SSSR count). The Balaban J connectivity index is 1.15. The van der Waals surface area contributed by atoms with Crippen LogP contribution in [0.1, 0.15) is 66.2 Å². The second-order valence-corrected chi connectivity index (χ2v) is 12.7. The number of esters is 6. The van der Waals surface area contributed by atoms with Crippen molar-refractivity contribution in [2.45, 2.75) is 89.4 Å². The molecule has 1 saturated carbocycles. The molecule has 0 radical (unpaired) electrons. The molecule has 5 aliphatic rings. The largest absolute Gasteiger partial charge is 0.574 e. The van der Waals surface area contributed by atoms with E-state index in [9.17, 15) is 39.0 Å². The molecule has 0 aromatic rings. The smallest absolute Gasteiger partial charge is 0.348 e. The number of ether oxygens (including phenoxy) is 8. The molecule has 52 heavy (non-hydrogen) atoms. The first-order valence-corrected chi connectivity index (χ1v) is 16.2. The van der Waals surface area contributed by atoms with E-state index in [1.54, 1.807) is 0 Å². The van der Waals surface area contributed by atoms with Crippen molar-refractivity contribution in [2.24, 2.45) is 0 Å². The summed E-state index contributed by atoms with van der Waals surface area (Å²) in [6.45, 7) is 6.16. The molecular formula is C36H34O16-2. The van der Waals surface area contributed by atoms with Crippen LogP contribution < -0.4 is 10.2 Å². The van der Waals surface area contributed by atoms with Crippen molar-refractivity contribution in [3.8, 4) is 0 Å². The fourth-order valence-electron chi connectivity index (χ4n) is 5.63. The minimum absolute atomic E-state index is 0.149. The topological polar surface area (TPSA) is 222 Å². The molecule has 1 aliphatic carbocycles. The van der Waals surface area contributed by atoms with E-state index in [0.717, 1.165) is 18.2 Å². The van der Waals surface area contributed by atoms with Crippen molar-refractivity contribution in [3.63, 3.8) is 0 Å². The minimum Gasteiger partial charge on any atom is -0.574 e. The lowest BCUT2D eigenvalue weighted by atomic mass is 9.87. The van der Waals surface area contributed by atoms with Gasteiger partial charge in [-0.2, -0.15) is 0 Å². The summed E-state index contributed by atoms with van der Waals surface area (Å²) in [5.74, 6) is -13.4. The van der Waals surface area contributed by atoms with Crippen molar-refractivity contribution >= 4 is 35.8 Å². The molecule has 1 unspecified atom stereocenters. The van der Waals surface area contributed by atoms with E-state index < -0.39 is 82.0 Å². The molecule has 0 amide bonds. The SMILES string of the molecule is CCCC1(C)OC(=O)C(/C=C/C=C/C=C2C(=O)OC3(CCC4(CC3)OC(=O)C(/C=C/C=C/C=C3C(=O)OC(C)(C)OC3=O)=C([O-])O4)OC2=O)=C([O-])O1. The molecule has 0 bridgehead atoms. The molecule has 4 heterocycles. The third kappa shape index (κ3) is 8.11. The summed E-state index contributed by atoms with van der Waals surface area (Å²) >= 11 is 0. The molecule has 16 nitrogen and oxygen atoms in total. The Hall–Kier alpha value is -6.06. The van der Waals surface area contributed by atoms with Crippen LogP contribution in [0.15, 0.2) is 94.9 Å². The van der Waals surface area contributed by atoms with Crippen LogP contribution in [0.5, 0.6) is 0 Å². The van der Waals surface area contributed by atoms with Crippen LogP contribution in [0.3, 0.4) is 0 Å². The Morgan fingerprint density at radius 1 is 0.519 bits per heavy atom. The second-order valence-electron chi connectivity index (χ2n) is 12.7. The molecule has 16 heteroatoms. The molecule has 0 N–H and O–H groups in total. The van der Waals surface area contributed by atoms with E-state index in [4.69, 9.17) is 37.9 Å². The Morgan fingerprint density at radius 3 is 1.37 bits per heavy atom. The molecule has 1 atom stereocenters. The van der Waals surface area contributed by atoms with Crippen molar-refractivity contribution in [3.05, 3.63) is 94.9 Å². The summed E-state index contributed by atoms with van der Waals surface area (Å²) in [7, 11) is 0. The van der Waals surface area contributed by atoms with Gasteiger partial charge in [-0.15, -0.1) is 0 Å². The Kier molecular flexibility index (Phi) is 10.2. The van der Waals surface area contributed by atoms with Crippen LogP contribution in [0.2, 0.25) is 0 Å². The summed E-state index contributed by atoms with van der Waals surface area (Å²) in [5, 5.41) is 25.0.